The average Bonchev–Trinajstić information content (AvgIpc) is 3.16. The van der Waals surface area contributed by atoms with Gasteiger partial charge in [0.15, 0.2) is 0 Å². The summed E-state index contributed by atoms with van der Waals surface area (Å²) in [6, 6.07) is 3.91. The van der Waals surface area contributed by atoms with Crippen LogP contribution in [0, 0.1) is 17.8 Å². The number of rotatable bonds is 10. The molecule has 0 spiro atoms. The highest BCUT2D eigenvalue weighted by Gasteiger charge is 2.38. The summed E-state index contributed by atoms with van der Waals surface area (Å²) in [5.41, 5.74) is -0.0161. The summed E-state index contributed by atoms with van der Waals surface area (Å²) in [6.45, 7) is 15.0. The van der Waals surface area contributed by atoms with Crippen molar-refractivity contribution in [2.24, 2.45) is 10.8 Å². The predicted octanol–water partition coefficient (Wildman–Crippen LogP) is 4.42. The van der Waals surface area contributed by atoms with Crippen molar-refractivity contribution in [2.45, 2.75) is 61.4 Å². The maximum absolute atomic E-state index is 12.7. The number of esters is 2. The Morgan fingerprint density at radius 2 is 1.78 bits per heavy atom. The number of hydrogen-bond acceptors (Lipinski definition) is 10. The number of nitrogens with one attached hydrogen (secondary N) is 2. The highest BCUT2D eigenvalue weighted by atomic mass is 16.6. The number of carbonyl (C=O) groups is 2. The molecule has 3 heterocycles. The molecule has 0 saturated heterocycles. The number of pyridine rings is 1. The summed E-state index contributed by atoms with van der Waals surface area (Å²) in [7, 11) is 0. The largest absolute Gasteiger partial charge is 0.465 e. The van der Waals surface area contributed by atoms with Crippen LogP contribution >= 0.6 is 0 Å². The van der Waals surface area contributed by atoms with Gasteiger partial charge in [0.1, 0.15) is 35.0 Å². The molecule has 0 amide bonds. The van der Waals surface area contributed by atoms with Crippen LogP contribution in [0.4, 0.5) is 17.6 Å². The summed E-state index contributed by atoms with van der Waals surface area (Å²) in [4.78, 5) is 42.8. The lowest BCUT2D eigenvalue weighted by Crippen LogP contribution is -2.42. The Morgan fingerprint density at radius 3 is 2.43 bits per heavy atom. The Kier molecular flexibility index (Phi) is 8.35. The topological polar surface area (TPSA) is 133 Å². The van der Waals surface area contributed by atoms with Crippen molar-refractivity contribution in [3.63, 3.8) is 0 Å². The molecule has 1 unspecified atom stereocenters. The summed E-state index contributed by atoms with van der Waals surface area (Å²) in [5.74, 6) is 1.48. The Labute approximate surface area is 217 Å². The summed E-state index contributed by atoms with van der Waals surface area (Å²) < 4.78 is 12.8. The third-order valence-electron chi connectivity index (χ3n) is 5.72. The second-order valence-electron chi connectivity index (χ2n) is 10.5. The van der Waals surface area contributed by atoms with Crippen LogP contribution in [0.5, 0.6) is 0 Å². The van der Waals surface area contributed by atoms with Crippen molar-refractivity contribution in [3.05, 3.63) is 30.4 Å². The molecule has 0 bridgehead atoms. The molecule has 200 valence electrons. The Hall–Kier alpha value is -3.76. The Morgan fingerprint density at radius 1 is 1.05 bits per heavy atom. The first-order valence-electron chi connectivity index (χ1n) is 12.4. The van der Waals surface area contributed by atoms with E-state index in [1.807, 2.05) is 13.0 Å². The number of imidazole rings is 1. The lowest BCUT2D eigenvalue weighted by Gasteiger charge is -2.28. The molecule has 0 radical (unpaired) electrons. The quantitative estimate of drug-likeness (QED) is 0.377. The second-order valence-corrected chi connectivity index (χ2v) is 10.5. The average molecular weight is 512 g/mol. The van der Waals surface area contributed by atoms with Crippen LogP contribution in [0.1, 0.15) is 60.3 Å². The van der Waals surface area contributed by atoms with E-state index in [9.17, 15) is 9.59 Å². The molecule has 3 aromatic heterocycles. The van der Waals surface area contributed by atoms with Crippen LogP contribution in [-0.4, -0.2) is 56.2 Å². The van der Waals surface area contributed by atoms with Crippen LogP contribution in [0.3, 0.4) is 0 Å². The normalized spacial score (nSPS) is 13.3. The van der Waals surface area contributed by atoms with Crippen LogP contribution in [0.2, 0.25) is 0 Å². The monoisotopic (exact) mass is 511 g/mol. The van der Waals surface area contributed by atoms with Gasteiger partial charge in [-0.15, -0.1) is 0 Å². The Bertz CT molecular complexity index is 1270. The van der Waals surface area contributed by atoms with E-state index in [0.717, 1.165) is 16.9 Å². The first kappa shape index (κ1) is 27.8. The summed E-state index contributed by atoms with van der Waals surface area (Å²) >= 11 is 0. The molecule has 2 N–H and O–H groups in total. The standard InChI is InChI=1S/C26H37N7O4/c1-9-36-23(35)26(8,15-37-22(34)25(5,6)7)14-29-24-27-11-10-20(32-24)31-21-12-19-18(13-28-21)30-17(4)33(19)16(2)3/h10-13,16H,9,14-15H2,1-8H3,(H2,27,28,29,31,32). The third-order valence-corrected chi connectivity index (χ3v) is 5.72. The van der Waals surface area contributed by atoms with Crippen LogP contribution in [-0.2, 0) is 19.1 Å². The SMILES string of the molecule is CCOC(=O)C(C)(CNc1nccc(Nc2cc3c(cn2)nc(C)n3C(C)C)n1)COC(=O)C(C)(C)C. The minimum Gasteiger partial charge on any atom is -0.465 e. The van der Waals surface area contributed by atoms with Crippen LogP contribution in [0.15, 0.2) is 24.5 Å². The van der Waals surface area contributed by atoms with Crippen molar-refractivity contribution in [3.8, 4) is 0 Å². The first-order valence-corrected chi connectivity index (χ1v) is 12.4. The van der Waals surface area contributed by atoms with Gasteiger partial charge in [-0.25, -0.2) is 15.0 Å². The minimum atomic E-state index is -1.14. The zero-order valence-electron chi connectivity index (χ0n) is 22.9. The van der Waals surface area contributed by atoms with E-state index in [1.54, 1.807) is 53.1 Å². The van der Waals surface area contributed by atoms with Gasteiger partial charge in [-0.1, -0.05) is 0 Å². The number of nitrogens with zero attached hydrogens (tertiary/aromatic N) is 5. The van der Waals surface area contributed by atoms with Crippen molar-refractivity contribution in [2.75, 3.05) is 30.4 Å². The van der Waals surface area contributed by atoms with E-state index in [1.165, 1.54) is 0 Å². The van der Waals surface area contributed by atoms with E-state index in [0.29, 0.717) is 17.6 Å². The van der Waals surface area contributed by atoms with Crippen molar-refractivity contribution in [1.82, 2.24) is 24.5 Å². The van der Waals surface area contributed by atoms with Crippen molar-refractivity contribution >= 4 is 40.6 Å². The van der Waals surface area contributed by atoms with Gasteiger partial charge in [-0.2, -0.15) is 4.98 Å². The molecule has 3 aromatic rings. The maximum atomic E-state index is 12.7. The maximum Gasteiger partial charge on any atom is 0.317 e. The molecule has 0 aliphatic carbocycles. The lowest BCUT2D eigenvalue weighted by atomic mass is 9.91. The van der Waals surface area contributed by atoms with E-state index in [-0.39, 0.29) is 25.8 Å². The van der Waals surface area contributed by atoms with E-state index in [4.69, 9.17) is 9.47 Å². The molecule has 0 fully saturated rings. The number of aryl methyl sites for hydroxylation is 1. The zero-order chi connectivity index (χ0) is 27.4. The molecular weight excluding hydrogens is 474 g/mol. The first-order chi connectivity index (χ1) is 17.3. The van der Waals surface area contributed by atoms with Gasteiger partial charge < -0.3 is 24.7 Å². The number of anilines is 3. The van der Waals surface area contributed by atoms with E-state index < -0.39 is 22.8 Å². The molecule has 3 rings (SSSR count). The fraction of sp³-hybridized carbons (Fsp3) is 0.538. The molecule has 1 atom stereocenters. The molecule has 11 nitrogen and oxygen atoms in total. The van der Waals surface area contributed by atoms with Crippen LogP contribution in [0.25, 0.3) is 11.0 Å². The van der Waals surface area contributed by atoms with Gasteiger partial charge >= 0.3 is 11.9 Å². The fourth-order valence-corrected chi connectivity index (χ4v) is 3.69. The third kappa shape index (κ3) is 6.72. The van der Waals surface area contributed by atoms with Gasteiger partial charge in [0.25, 0.3) is 0 Å². The fourth-order valence-electron chi connectivity index (χ4n) is 3.69. The molecule has 11 heteroatoms. The molecule has 0 saturated carbocycles. The van der Waals surface area contributed by atoms with Crippen LogP contribution < -0.4 is 10.6 Å². The van der Waals surface area contributed by atoms with Gasteiger partial charge in [0.2, 0.25) is 5.95 Å². The summed E-state index contributed by atoms with van der Waals surface area (Å²) in [6.07, 6.45) is 3.33. The predicted molar refractivity (Wildman–Crippen MR) is 142 cm³/mol. The number of hydrogen-bond donors (Lipinski definition) is 2. The highest BCUT2D eigenvalue weighted by molar-refractivity contribution is 5.80. The smallest absolute Gasteiger partial charge is 0.317 e. The Balaban J connectivity index is 1.75. The molecule has 0 aliphatic heterocycles. The van der Waals surface area contributed by atoms with Crippen molar-refractivity contribution < 1.29 is 19.1 Å². The van der Waals surface area contributed by atoms with Gasteiger partial charge in [0, 0.05) is 24.8 Å². The highest BCUT2D eigenvalue weighted by Crippen LogP contribution is 2.25. The number of carbonyl (C=O) groups excluding carboxylic acids is 2. The van der Waals surface area contributed by atoms with E-state index in [2.05, 4.69) is 49.0 Å². The molecule has 0 aliphatic rings. The number of fused-ring (bicyclic) bond motifs is 1. The minimum absolute atomic E-state index is 0.101. The number of ether oxygens (including phenoxy) is 2. The van der Waals surface area contributed by atoms with Gasteiger partial charge in [-0.3, -0.25) is 9.59 Å². The molecule has 37 heavy (non-hydrogen) atoms. The molecular formula is C26H37N7O4. The van der Waals surface area contributed by atoms with Crippen molar-refractivity contribution in [1.29, 1.82) is 0 Å². The zero-order valence-corrected chi connectivity index (χ0v) is 22.9. The molecule has 0 aromatic carbocycles. The summed E-state index contributed by atoms with van der Waals surface area (Å²) in [5, 5.41) is 6.29. The van der Waals surface area contributed by atoms with E-state index >= 15 is 0 Å². The lowest BCUT2D eigenvalue weighted by molar-refractivity contribution is -0.165. The van der Waals surface area contributed by atoms with Gasteiger partial charge in [-0.05, 0) is 61.5 Å². The second kappa shape index (κ2) is 11.1. The number of aromatic nitrogens is 5. The van der Waals surface area contributed by atoms with Gasteiger partial charge in [0.05, 0.1) is 23.7 Å².